The molecule has 7 heteroatoms. The van der Waals surface area contributed by atoms with Gasteiger partial charge in [0.1, 0.15) is 10.6 Å². The highest BCUT2D eigenvalue weighted by atomic mass is 32.2. The van der Waals surface area contributed by atoms with Crippen LogP contribution in [0.1, 0.15) is 29.5 Å². The first-order valence-corrected chi connectivity index (χ1v) is 11.2. The number of carbonyl (C=O) groups is 1. The summed E-state index contributed by atoms with van der Waals surface area (Å²) in [5.41, 5.74) is 3.73. The highest BCUT2D eigenvalue weighted by Gasteiger charge is 2.35. The van der Waals surface area contributed by atoms with Gasteiger partial charge in [-0.25, -0.2) is 8.42 Å². The average Bonchev–Trinajstić information content (AvgIpc) is 2.71. The molecular weight excluding hydrogens is 388 g/mol. The molecule has 2 aromatic rings. The molecule has 3 rings (SSSR count). The summed E-state index contributed by atoms with van der Waals surface area (Å²) in [5.74, 6) is -0.221. The first-order chi connectivity index (χ1) is 13.7. The largest absolute Gasteiger partial charge is 0.495 e. The molecule has 0 saturated carbocycles. The third-order valence-electron chi connectivity index (χ3n) is 5.55. The van der Waals surface area contributed by atoms with Crippen LogP contribution in [0, 0.1) is 26.7 Å². The lowest BCUT2D eigenvalue weighted by atomic mass is 9.98. The molecule has 0 unspecified atom stereocenters. The summed E-state index contributed by atoms with van der Waals surface area (Å²) in [6.07, 6.45) is 1.30. The van der Waals surface area contributed by atoms with Crippen LogP contribution >= 0.6 is 0 Å². The molecule has 2 aromatic carbocycles. The van der Waals surface area contributed by atoms with Crippen molar-refractivity contribution in [1.82, 2.24) is 4.31 Å². The second kappa shape index (κ2) is 8.55. The number of methoxy groups -OCH3 is 1. The van der Waals surface area contributed by atoms with Crippen molar-refractivity contribution in [2.45, 2.75) is 38.5 Å². The molecular formula is C22H28N2O4S. The molecule has 0 spiro atoms. The Labute approximate surface area is 172 Å². The maximum absolute atomic E-state index is 13.3. The Morgan fingerprint density at radius 2 is 1.93 bits per heavy atom. The molecule has 1 N–H and O–H groups in total. The molecule has 1 saturated heterocycles. The highest BCUT2D eigenvalue weighted by molar-refractivity contribution is 7.89. The molecule has 0 aliphatic carbocycles. The smallest absolute Gasteiger partial charge is 0.246 e. The predicted molar refractivity (Wildman–Crippen MR) is 114 cm³/mol. The predicted octanol–water partition coefficient (Wildman–Crippen LogP) is 3.66. The Hall–Kier alpha value is -2.38. The molecule has 1 aliphatic heterocycles. The third-order valence-corrected chi connectivity index (χ3v) is 7.44. The summed E-state index contributed by atoms with van der Waals surface area (Å²) in [4.78, 5) is 13.0. The van der Waals surface area contributed by atoms with E-state index >= 15 is 0 Å². The van der Waals surface area contributed by atoms with E-state index in [2.05, 4.69) is 5.32 Å². The summed E-state index contributed by atoms with van der Waals surface area (Å²) in [6, 6.07) is 10.9. The number of carbonyl (C=O) groups excluding carboxylic acids is 1. The molecule has 1 aliphatic rings. The number of ether oxygens (including phenoxy) is 1. The minimum atomic E-state index is -3.75. The van der Waals surface area contributed by atoms with Crippen LogP contribution in [0.3, 0.4) is 0 Å². The number of hydrogen-bond acceptors (Lipinski definition) is 4. The lowest BCUT2D eigenvalue weighted by Gasteiger charge is -2.31. The van der Waals surface area contributed by atoms with Crippen LogP contribution in [0.5, 0.6) is 5.75 Å². The van der Waals surface area contributed by atoms with Crippen molar-refractivity contribution < 1.29 is 17.9 Å². The molecule has 1 fully saturated rings. The lowest BCUT2D eigenvalue weighted by Crippen LogP contribution is -2.43. The number of rotatable bonds is 5. The minimum Gasteiger partial charge on any atom is -0.495 e. The number of aryl methyl sites for hydroxylation is 2. The van der Waals surface area contributed by atoms with Crippen molar-refractivity contribution in [1.29, 1.82) is 0 Å². The van der Waals surface area contributed by atoms with Gasteiger partial charge in [-0.15, -0.1) is 0 Å². The summed E-state index contributed by atoms with van der Waals surface area (Å²) in [5, 5.41) is 2.98. The number of benzene rings is 2. The number of sulfonamides is 1. The fourth-order valence-corrected chi connectivity index (χ4v) is 5.38. The Morgan fingerprint density at radius 3 is 2.66 bits per heavy atom. The topological polar surface area (TPSA) is 75.7 Å². The van der Waals surface area contributed by atoms with E-state index in [0.29, 0.717) is 25.1 Å². The lowest BCUT2D eigenvalue weighted by molar-refractivity contribution is -0.120. The summed E-state index contributed by atoms with van der Waals surface area (Å²) in [6.45, 7) is 6.36. The Morgan fingerprint density at radius 1 is 1.17 bits per heavy atom. The van der Waals surface area contributed by atoms with Gasteiger partial charge in [0.25, 0.3) is 0 Å². The van der Waals surface area contributed by atoms with E-state index in [1.54, 1.807) is 12.1 Å². The van der Waals surface area contributed by atoms with Crippen LogP contribution in [0.25, 0.3) is 0 Å². The molecule has 0 aromatic heterocycles. The zero-order valence-electron chi connectivity index (χ0n) is 17.4. The zero-order chi connectivity index (χ0) is 21.2. The van der Waals surface area contributed by atoms with Gasteiger partial charge in [0.15, 0.2) is 0 Å². The molecule has 29 heavy (non-hydrogen) atoms. The van der Waals surface area contributed by atoms with Gasteiger partial charge in [-0.2, -0.15) is 4.31 Å². The van der Waals surface area contributed by atoms with Crippen molar-refractivity contribution in [2.24, 2.45) is 5.92 Å². The van der Waals surface area contributed by atoms with Crippen LogP contribution < -0.4 is 10.1 Å². The summed E-state index contributed by atoms with van der Waals surface area (Å²) >= 11 is 0. The van der Waals surface area contributed by atoms with Gasteiger partial charge in [0, 0.05) is 18.8 Å². The van der Waals surface area contributed by atoms with E-state index in [0.717, 1.165) is 22.4 Å². The number of nitrogens with one attached hydrogen (secondary N) is 1. The third kappa shape index (κ3) is 4.46. The van der Waals surface area contributed by atoms with Gasteiger partial charge in [0.2, 0.25) is 15.9 Å². The summed E-state index contributed by atoms with van der Waals surface area (Å²) < 4.78 is 33.2. The molecule has 6 nitrogen and oxygen atoms in total. The van der Waals surface area contributed by atoms with Crippen LogP contribution in [-0.4, -0.2) is 38.8 Å². The van der Waals surface area contributed by atoms with Crippen LogP contribution in [0.2, 0.25) is 0 Å². The number of amides is 1. The number of piperidine rings is 1. The molecule has 156 valence electrons. The Kier molecular flexibility index (Phi) is 6.29. The Bertz CT molecular complexity index is 1020. The van der Waals surface area contributed by atoms with Crippen molar-refractivity contribution in [3.8, 4) is 5.75 Å². The van der Waals surface area contributed by atoms with Crippen molar-refractivity contribution in [2.75, 3.05) is 25.5 Å². The molecule has 1 atom stereocenters. The van der Waals surface area contributed by atoms with Crippen molar-refractivity contribution in [3.05, 3.63) is 53.1 Å². The van der Waals surface area contributed by atoms with Gasteiger partial charge in [-0.3, -0.25) is 4.79 Å². The SMILES string of the molecule is COc1ccc(C)cc1S(=O)(=O)N1CCC[C@H](C(=O)Nc2cccc(C)c2C)C1. The van der Waals surface area contributed by atoms with E-state index in [9.17, 15) is 13.2 Å². The van der Waals surface area contributed by atoms with E-state index in [4.69, 9.17) is 4.74 Å². The Balaban J connectivity index is 1.80. The fraction of sp³-hybridized carbons (Fsp3) is 0.409. The van der Waals surface area contributed by atoms with Crippen LogP contribution in [-0.2, 0) is 14.8 Å². The first kappa shape index (κ1) is 21.3. The maximum Gasteiger partial charge on any atom is 0.246 e. The van der Waals surface area contributed by atoms with Crippen molar-refractivity contribution >= 4 is 21.6 Å². The highest BCUT2D eigenvalue weighted by Crippen LogP contribution is 2.31. The normalized spacial score (nSPS) is 17.7. The van der Waals surface area contributed by atoms with E-state index in [1.165, 1.54) is 11.4 Å². The molecule has 1 heterocycles. The van der Waals surface area contributed by atoms with Gasteiger partial charge in [0.05, 0.1) is 13.0 Å². The number of anilines is 1. The molecule has 0 bridgehead atoms. The van der Waals surface area contributed by atoms with Crippen molar-refractivity contribution in [3.63, 3.8) is 0 Å². The van der Waals surface area contributed by atoms with E-state index in [1.807, 2.05) is 45.0 Å². The zero-order valence-corrected chi connectivity index (χ0v) is 18.2. The van der Waals surface area contributed by atoms with Crippen LogP contribution in [0.4, 0.5) is 5.69 Å². The molecule has 0 radical (unpaired) electrons. The van der Waals surface area contributed by atoms with E-state index in [-0.39, 0.29) is 17.3 Å². The van der Waals surface area contributed by atoms with Gasteiger partial charge < -0.3 is 10.1 Å². The first-order valence-electron chi connectivity index (χ1n) is 9.76. The fourth-order valence-electron chi connectivity index (χ4n) is 3.62. The second-order valence-corrected chi connectivity index (χ2v) is 9.50. The minimum absolute atomic E-state index is 0.144. The average molecular weight is 417 g/mol. The van der Waals surface area contributed by atoms with E-state index < -0.39 is 15.9 Å². The number of hydrogen-bond donors (Lipinski definition) is 1. The second-order valence-electron chi connectivity index (χ2n) is 7.59. The number of nitrogens with zero attached hydrogens (tertiary/aromatic N) is 1. The monoisotopic (exact) mass is 416 g/mol. The quantitative estimate of drug-likeness (QED) is 0.807. The maximum atomic E-state index is 13.3. The molecule has 1 amide bonds. The van der Waals surface area contributed by atoms with Gasteiger partial charge in [-0.05, 0) is 68.5 Å². The van der Waals surface area contributed by atoms with Crippen LogP contribution in [0.15, 0.2) is 41.3 Å². The standard InChI is InChI=1S/C22H28N2O4S/c1-15-10-11-20(28-4)21(13-15)29(26,27)24-12-6-8-18(14-24)22(25)23-19-9-5-7-16(2)17(19)3/h5,7,9-11,13,18H,6,8,12,14H2,1-4H3,(H,23,25)/t18-/m0/s1. The summed E-state index contributed by atoms with van der Waals surface area (Å²) in [7, 11) is -2.29. The van der Waals surface area contributed by atoms with Gasteiger partial charge >= 0.3 is 0 Å². The van der Waals surface area contributed by atoms with Gasteiger partial charge in [-0.1, -0.05) is 18.2 Å².